The normalized spacial score (nSPS) is 10.4. The predicted octanol–water partition coefficient (Wildman–Crippen LogP) is 3.74. The van der Waals surface area contributed by atoms with Gasteiger partial charge in [-0.15, -0.1) is 0 Å². The topological polar surface area (TPSA) is 32.8 Å². The van der Waals surface area contributed by atoms with Crippen LogP contribution in [0, 0.1) is 0 Å². The molecule has 1 radical (unpaired) electrons. The third kappa shape index (κ3) is 3.77. The highest BCUT2D eigenvalue weighted by molar-refractivity contribution is 5.23. The van der Waals surface area contributed by atoms with E-state index in [1.54, 1.807) is 6.20 Å². The fraction of sp³-hybridized carbons (Fsp3) is 0.583. The molecule has 0 N–H and O–H groups in total. The largest absolute Gasteiger partial charge is 0.272 e. The Labute approximate surface area is 86.0 Å². The van der Waals surface area contributed by atoms with E-state index in [1.165, 1.54) is 25.7 Å². The van der Waals surface area contributed by atoms with Crippen molar-refractivity contribution in [1.29, 1.82) is 0 Å². The minimum Gasteiger partial charge on any atom is -0.267 e. The van der Waals surface area contributed by atoms with E-state index in [-0.39, 0.29) is 5.88 Å². The zero-order valence-electron chi connectivity index (χ0n) is 8.83. The molecule has 1 aromatic rings. The highest BCUT2D eigenvalue weighted by Crippen LogP contribution is 2.16. The van der Waals surface area contributed by atoms with Crippen molar-refractivity contribution >= 4 is 0 Å². The van der Waals surface area contributed by atoms with Crippen LogP contribution in [0.1, 0.15) is 44.6 Å². The molecule has 0 aliphatic rings. The van der Waals surface area contributed by atoms with Gasteiger partial charge in [-0.2, -0.15) is 0 Å². The van der Waals surface area contributed by atoms with Crippen molar-refractivity contribution in [2.24, 2.45) is 0 Å². The first-order valence-electron chi connectivity index (χ1n) is 5.45. The predicted molar refractivity (Wildman–Crippen MR) is 56.8 cm³/mol. The molecule has 0 fully saturated rings. The summed E-state index contributed by atoms with van der Waals surface area (Å²) in [7, 11) is 0. The summed E-state index contributed by atoms with van der Waals surface area (Å²) in [6.07, 6.45) is 8.63. The van der Waals surface area contributed by atoms with Gasteiger partial charge in [-0.3, -0.25) is 5.11 Å². The van der Waals surface area contributed by atoms with E-state index in [0.717, 1.165) is 18.4 Å². The molecule has 0 atom stereocenters. The van der Waals surface area contributed by atoms with E-state index in [1.807, 2.05) is 12.1 Å². The molecule has 77 valence electrons. The zero-order valence-corrected chi connectivity index (χ0v) is 8.83. The van der Waals surface area contributed by atoms with Crippen molar-refractivity contribution in [2.45, 2.75) is 45.4 Å². The first-order valence-corrected chi connectivity index (χ1v) is 5.45. The average molecular weight is 192 g/mol. The lowest BCUT2D eigenvalue weighted by Crippen LogP contribution is -1.87. The Balaban J connectivity index is 2.21. The Morgan fingerprint density at radius 1 is 1.21 bits per heavy atom. The molecule has 1 rings (SSSR count). The number of unbranched alkanes of at least 4 members (excludes halogenated alkanes) is 4. The third-order valence-electron chi connectivity index (χ3n) is 2.40. The second-order valence-corrected chi connectivity index (χ2v) is 3.63. The average Bonchev–Trinajstić information content (AvgIpc) is 2.20. The molecular formula is C12H18NO. The fourth-order valence-electron chi connectivity index (χ4n) is 1.53. The Kier molecular flexibility index (Phi) is 5.05. The van der Waals surface area contributed by atoms with Crippen LogP contribution in [0.4, 0.5) is 0 Å². The van der Waals surface area contributed by atoms with E-state index >= 15 is 0 Å². The van der Waals surface area contributed by atoms with Gasteiger partial charge in [0.15, 0.2) is 0 Å². The Bertz CT molecular complexity index is 260. The molecule has 0 aromatic carbocycles. The SMILES string of the molecule is CCCCCCCc1cccnc1[O]. The van der Waals surface area contributed by atoms with Crippen LogP contribution >= 0.6 is 0 Å². The van der Waals surface area contributed by atoms with Gasteiger partial charge in [0, 0.05) is 11.8 Å². The van der Waals surface area contributed by atoms with Crippen molar-refractivity contribution in [3.8, 4) is 5.88 Å². The first kappa shape index (κ1) is 11.0. The van der Waals surface area contributed by atoms with Crippen LogP contribution in [0.25, 0.3) is 0 Å². The van der Waals surface area contributed by atoms with Crippen molar-refractivity contribution in [3.63, 3.8) is 0 Å². The van der Waals surface area contributed by atoms with E-state index in [0.29, 0.717) is 0 Å². The molecule has 0 aliphatic heterocycles. The van der Waals surface area contributed by atoms with E-state index in [9.17, 15) is 5.11 Å². The maximum atomic E-state index is 11.2. The maximum absolute atomic E-state index is 11.2. The number of hydrogen-bond donors (Lipinski definition) is 0. The molecule has 2 nitrogen and oxygen atoms in total. The molecule has 0 aliphatic carbocycles. The molecule has 0 saturated heterocycles. The Morgan fingerprint density at radius 2 is 2.00 bits per heavy atom. The lowest BCUT2D eigenvalue weighted by Gasteiger charge is -2.01. The van der Waals surface area contributed by atoms with Gasteiger partial charge in [0.05, 0.1) is 0 Å². The number of aryl methyl sites for hydroxylation is 1. The molecule has 0 bridgehead atoms. The standard InChI is InChI=1S/C12H18NO/c1-2-3-4-5-6-8-11-9-7-10-13-12(11)14/h7,9-10H,2-6,8H2,1H3. The van der Waals surface area contributed by atoms with Gasteiger partial charge in [0.25, 0.3) is 5.88 Å². The molecule has 0 amide bonds. The van der Waals surface area contributed by atoms with E-state index < -0.39 is 0 Å². The van der Waals surface area contributed by atoms with Gasteiger partial charge in [0.1, 0.15) is 0 Å². The molecule has 0 spiro atoms. The smallest absolute Gasteiger partial charge is 0.267 e. The molecule has 0 unspecified atom stereocenters. The van der Waals surface area contributed by atoms with E-state index in [2.05, 4.69) is 11.9 Å². The molecule has 14 heavy (non-hydrogen) atoms. The Hall–Kier alpha value is -1.05. The number of rotatable bonds is 6. The molecular weight excluding hydrogens is 174 g/mol. The van der Waals surface area contributed by atoms with Gasteiger partial charge in [0.2, 0.25) is 0 Å². The minimum absolute atomic E-state index is 0.0528. The van der Waals surface area contributed by atoms with Crippen molar-refractivity contribution < 1.29 is 5.11 Å². The molecule has 1 aromatic heterocycles. The van der Waals surface area contributed by atoms with Crippen LogP contribution in [-0.2, 0) is 11.5 Å². The first-order chi connectivity index (χ1) is 6.84. The van der Waals surface area contributed by atoms with E-state index in [4.69, 9.17) is 0 Å². The summed E-state index contributed by atoms with van der Waals surface area (Å²) < 4.78 is 0. The molecule has 1 heterocycles. The second kappa shape index (κ2) is 6.41. The molecule has 0 saturated carbocycles. The summed E-state index contributed by atoms with van der Waals surface area (Å²) in [4.78, 5) is 3.74. The zero-order chi connectivity index (χ0) is 10.2. The number of aromatic nitrogens is 1. The highest BCUT2D eigenvalue weighted by atomic mass is 16.3. The third-order valence-corrected chi connectivity index (χ3v) is 2.40. The number of nitrogens with zero attached hydrogens (tertiary/aromatic N) is 1. The summed E-state index contributed by atoms with van der Waals surface area (Å²) >= 11 is 0. The Morgan fingerprint density at radius 3 is 2.71 bits per heavy atom. The van der Waals surface area contributed by atoms with Crippen LogP contribution < -0.4 is 0 Å². The summed E-state index contributed by atoms with van der Waals surface area (Å²) in [5.74, 6) is -0.0528. The summed E-state index contributed by atoms with van der Waals surface area (Å²) in [6, 6.07) is 3.72. The van der Waals surface area contributed by atoms with Gasteiger partial charge >= 0.3 is 0 Å². The second-order valence-electron chi connectivity index (χ2n) is 3.63. The minimum atomic E-state index is -0.0528. The van der Waals surface area contributed by atoms with Crippen LogP contribution in [0.5, 0.6) is 5.88 Å². The monoisotopic (exact) mass is 192 g/mol. The number of hydrogen-bond acceptors (Lipinski definition) is 1. The fourth-order valence-corrected chi connectivity index (χ4v) is 1.53. The van der Waals surface area contributed by atoms with Gasteiger partial charge < -0.3 is 0 Å². The van der Waals surface area contributed by atoms with Gasteiger partial charge in [-0.25, -0.2) is 4.98 Å². The van der Waals surface area contributed by atoms with Gasteiger partial charge in [-0.05, 0) is 18.9 Å². The number of pyridine rings is 1. The summed E-state index contributed by atoms with van der Waals surface area (Å²) in [5, 5.41) is 11.2. The van der Waals surface area contributed by atoms with Crippen LogP contribution in [0.15, 0.2) is 18.3 Å². The van der Waals surface area contributed by atoms with Gasteiger partial charge in [-0.1, -0.05) is 38.7 Å². The van der Waals surface area contributed by atoms with Crippen LogP contribution in [0.3, 0.4) is 0 Å². The van der Waals surface area contributed by atoms with Crippen molar-refractivity contribution in [3.05, 3.63) is 23.9 Å². The lowest BCUT2D eigenvalue weighted by atomic mass is 10.1. The highest BCUT2D eigenvalue weighted by Gasteiger charge is 2.01. The van der Waals surface area contributed by atoms with Crippen molar-refractivity contribution in [2.75, 3.05) is 0 Å². The van der Waals surface area contributed by atoms with Crippen LogP contribution in [0.2, 0.25) is 0 Å². The quantitative estimate of drug-likeness (QED) is 0.632. The molecule has 2 heteroatoms. The summed E-state index contributed by atoms with van der Waals surface area (Å²) in [5.41, 5.74) is 0.865. The summed E-state index contributed by atoms with van der Waals surface area (Å²) in [6.45, 7) is 2.21. The lowest BCUT2D eigenvalue weighted by molar-refractivity contribution is 0.331. The van der Waals surface area contributed by atoms with Crippen molar-refractivity contribution in [1.82, 2.24) is 4.98 Å². The van der Waals surface area contributed by atoms with Crippen LogP contribution in [-0.4, -0.2) is 4.98 Å². The maximum Gasteiger partial charge on any atom is 0.272 e.